The fourth-order valence-corrected chi connectivity index (χ4v) is 2.44. The van der Waals surface area contributed by atoms with Crippen molar-refractivity contribution >= 4 is 35.9 Å². The van der Waals surface area contributed by atoms with Gasteiger partial charge in [0.25, 0.3) is 0 Å². The van der Waals surface area contributed by atoms with Crippen LogP contribution in [0.15, 0.2) is 15.5 Å². The van der Waals surface area contributed by atoms with Crippen molar-refractivity contribution in [1.29, 1.82) is 0 Å². The summed E-state index contributed by atoms with van der Waals surface area (Å²) in [7, 11) is 1.36. The van der Waals surface area contributed by atoms with Gasteiger partial charge in [-0.1, -0.05) is 0 Å². The summed E-state index contributed by atoms with van der Waals surface area (Å²) in [6.45, 7) is 7.13. The topological polar surface area (TPSA) is 67.1 Å². The molecule has 0 radical (unpaired) electrons. The maximum atomic E-state index is 11.6. The molecule has 0 saturated carbocycles. The number of rotatable bonds is 4. The van der Waals surface area contributed by atoms with Gasteiger partial charge in [-0.25, -0.2) is 9.79 Å². The molecule has 1 fully saturated rings. The first-order chi connectivity index (χ1) is 10.2. The van der Waals surface area contributed by atoms with Crippen molar-refractivity contribution in [3.05, 3.63) is 23.2 Å². The lowest BCUT2D eigenvalue weighted by Gasteiger charge is -2.20. The molecule has 7 heteroatoms. The maximum absolute atomic E-state index is 11.6. The molecule has 1 aromatic heterocycles. The van der Waals surface area contributed by atoms with E-state index in [0.29, 0.717) is 23.6 Å². The quantitative estimate of drug-likeness (QED) is 0.350. The second-order valence-corrected chi connectivity index (χ2v) is 5.04. The zero-order valence-electron chi connectivity index (χ0n) is 13.3. The molecular weight excluding hydrogens is 397 g/mol. The Kier molecular flexibility index (Phi) is 7.70. The molecular formula is C15H24IN3O3. The Balaban J connectivity index is 0.00000242. The van der Waals surface area contributed by atoms with E-state index in [4.69, 9.17) is 9.15 Å². The molecule has 0 spiro atoms. The van der Waals surface area contributed by atoms with Gasteiger partial charge in [-0.2, -0.15) is 0 Å². The number of nitrogens with one attached hydrogen (secondary N) is 1. The summed E-state index contributed by atoms with van der Waals surface area (Å²) in [6, 6.07) is 1.71. The lowest BCUT2D eigenvalue weighted by atomic mass is 10.2. The molecule has 0 aliphatic carbocycles. The number of nitrogens with zero attached hydrogens (tertiary/aromatic N) is 2. The molecule has 6 nitrogen and oxygen atoms in total. The van der Waals surface area contributed by atoms with Crippen LogP contribution >= 0.6 is 24.0 Å². The summed E-state index contributed by atoms with van der Waals surface area (Å²) in [5.41, 5.74) is 0.467. The van der Waals surface area contributed by atoms with Gasteiger partial charge in [0.05, 0.1) is 7.11 Å². The monoisotopic (exact) mass is 421 g/mol. The molecule has 0 atom stereocenters. The number of methoxy groups -OCH3 is 1. The number of hydrogen-bond acceptors (Lipinski definition) is 4. The average Bonchev–Trinajstić information content (AvgIpc) is 3.12. The van der Waals surface area contributed by atoms with Gasteiger partial charge >= 0.3 is 5.97 Å². The van der Waals surface area contributed by atoms with Crippen molar-refractivity contribution in [2.75, 3.05) is 26.7 Å². The van der Waals surface area contributed by atoms with E-state index in [1.165, 1.54) is 20.0 Å². The second kappa shape index (κ2) is 9.02. The summed E-state index contributed by atoms with van der Waals surface area (Å²) < 4.78 is 10.3. The van der Waals surface area contributed by atoms with Crippen molar-refractivity contribution < 1.29 is 13.9 Å². The van der Waals surface area contributed by atoms with Crippen LogP contribution in [-0.4, -0.2) is 43.6 Å². The number of guanidine groups is 1. The fourth-order valence-electron chi connectivity index (χ4n) is 2.44. The number of aryl methyl sites for hydroxylation is 1. The van der Waals surface area contributed by atoms with Crippen molar-refractivity contribution in [3.63, 3.8) is 0 Å². The van der Waals surface area contributed by atoms with Gasteiger partial charge in [-0.05, 0) is 32.8 Å². The third kappa shape index (κ3) is 4.62. The van der Waals surface area contributed by atoms with E-state index in [0.717, 1.165) is 25.6 Å². The summed E-state index contributed by atoms with van der Waals surface area (Å²) in [6.07, 6.45) is 2.41. The third-order valence-corrected chi connectivity index (χ3v) is 3.50. The SMILES string of the molecule is CCNC(=NCc1cc(C(=O)OC)c(C)o1)N1CCCC1.I. The van der Waals surface area contributed by atoms with Crippen molar-refractivity contribution in [3.8, 4) is 0 Å². The zero-order chi connectivity index (χ0) is 15.2. The van der Waals surface area contributed by atoms with E-state index < -0.39 is 0 Å². The van der Waals surface area contributed by atoms with Crippen LogP contribution in [0.2, 0.25) is 0 Å². The first-order valence-electron chi connectivity index (χ1n) is 7.36. The van der Waals surface area contributed by atoms with E-state index >= 15 is 0 Å². The van der Waals surface area contributed by atoms with E-state index in [2.05, 4.69) is 22.1 Å². The normalized spacial score (nSPS) is 14.7. The lowest BCUT2D eigenvalue weighted by Crippen LogP contribution is -2.39. The second-order valence-electron chi connectivity index (χ2n) is 5.04. The highest BCUT2D eigenvalue weighted by Gasteiger charge is 2.17. The van der Waals surface area contributed by atoms with Gasteiger partial charge in [-0.3, -0.25) is 0 Å². The number of esters is 1. The van der Waals surface area contributed by atoms with E-state index in [1.807, 2.05) is 0 Å². The van der Waals surface area contributed by atoms with Crippen LogP contribution in [0.1, 0.15) is 41.6 Å². The van der Waals surface area contributed by atoms with Crippen LogP contribution in [0.4, 0.5) is 0 Å². The molecule has 0 aromatic carbocycles. The van der Waals surface area contributed by atoms with Crippen molar-refractivity contribution in [1.82, 2.24) is 10.2 Å². The highest BCUT2D eigenvalue weighted by atomic mass is 127. The summed E-state index contributed by atoms with van der Waals surface area (Å²) >= 11 is 0. The van der Waals surface area contributed by atoms with Crippen LogP contribution in [0.5, 0.6) is 0 Å². The van der Waals surface area contributed by atoms with E-state index in [9.17, 15) is 4.79 Å². The largest absolute Gasteiger partial charge is 0.465 e. The number of likely N-dealkylation sites (tertiary alicyclic amines) is 1. The Labute approximate surface area is 148 Å². The first-order valence-corrected chi connectivity index (χ1v) is 7.36. The molecule has 22 heavy (non-hydrogen) atoms. The van der Waals surface area contributed by atoms with Crippen LogP contribution in [0, 0.1) is 6.92 Å². The van der Waals surface area contributed by atoms with Crippen molar-refractivity contribution in [2.24, 2.45) is 4.99 Å². The first kappa shape index (κ1) is 18.8. The Hall–Kier alpha value is -1.25. The summed E-state index contributed by atoms with van der Waals surface area (Å²) in [4.78, 5) is 18.4. The molecule has 0 unspecified atom stereocenters. The molecule has 1 aliphatic heterocycles. The smallest absolute Gasteiger partial charge is 0.341 e. The Bertz CT molecular complexity index is 522. The number of furan rings is 1. The molecule has 1 aliphatic rings. The number of hydrogen-bond donors (Lipinski definition) is 1. The van der Waals surface area contributed by atoms with Gasteiger partial charge in [0.15, 0.2) is 5.96 Å². The standard InChI is InChI=1S/C15H23N3O3.HI/c1-4-16-15(18-7-5-6-8-18)17-10-12-9-13(11(2)21-12)14(19)20-3;/h9H,4-8,10H2,1-3H3,(H,16,17);1H. The maximum Gasteiger partial charge on any atom is 0.341 e. The Morgan fingerprint density at radius 1 is 1.45 bits per heavy atom. The van der Waals surface area contributed by atoms with Crippen LogP contribution in [-0.2, 0) is 11.3 Å². The number of carbonyl (C=O) groups excluding carboxylic acids is 1. The highest BCUT2D eigenvalue weighted by molar-refractivity contribution is 14.0. The van der Waals surface area contributed by atoms with Gasteiger partial charge in [0.2, 0.25) is 0 Å². The third-order valence-electron chi connectivity index (χ3n) is 3.50. The van der Waals surface area contributed by atoms with Gasteiger partial charge in [0, 0.05) is 19.6 Å². The predicted molar refractivity (Wildman–Crippen MR) is 95.8 cm³/mol. The van der Waals surface area contributed by atoms with Crippen LogP contribution < -0.4 is 5.32 Å². The molecule has 0 amide bonds. The number of carbonyl (C=O) groups is 1. The van der Waals surface area contributed by atoms with Gasteiger partial charge in [0.1, 0.15) is 23.6 Å². The van der Waals surface area contributed by atoms with E-state index in [-0.39, 0.29) is 29.9 Å². The van der Waals surface area contributed by atoms with Crippen molar-refractivity contribution in [2.45, 2.75) is 33.2 Å². The lowest BCUT2D eigenvalue weighted by molar-refractivity contribution is 0.0599. The number of ether oxygens (including phenoxy) is 1. The minimum absolute atomic E-state index is 0. The Morgan fingerprint density at radius 3 is 2.73 bits per heavy atom. The molecule has 2 heterocycles. The van der Waals surface area contributed by atoms with Gasteiger partial charge in [-0.15, -0.1) is 24.0 Å². The minimum atomic E-state index is -0.377. The van der Waals surface area contributed by atoms with Crippen LogP contribution in [0.3, 0.4) is 0 Å². The van der Waals surface area contributed by atoms with E-state index in [1.54, 1.807) is 13.0 Å². The number of halogens is 1. The molecule has 124 valence electrons. The molecule has 1 N–H and O–H groups in total. The predicted octanol–water partition coefficient (Wildman–Crippen LogP) is 2.55. The van der Waals surface area contributed by atoms with Gasteiger partial charge < -0.3 is 19.4 Å². The zero-order valence-corrected chi connectivity index (χ0v) is 15.7. The molecule has 1 aromatic rings. The molecule has 2 rings (SSSR count). The summed E-state index contributed by atoms with van der Waals surface area (Å²) in [5, 5.41) is 3.29. The highest BCUT2D eigenvalue weighted by Crippen LogP contribution is 2.17. The molecule has 0 bridgehead atoms. The average molecular weight is 421 g/mol. The Morgan fingerprint density at radius 2 is 2.14 bits per heavy atom. The van der Waals surface area contributed by atoms with Crippen LogP contribution in [0.25, 0.3) is 0 Å². The minimum Gasteiger partial charge on any atom is -0.465 e. The number of aliphatic imine (C=N–C) groups is 1. The molecule has 1 saturated heterocycles. The fraction of sp³-hybridized carbons (Fsp3) is 0.600. The summed E-state index contributed by atoms with van der Waals surface area (Å²) in [5.74, 6) is 1.77.